The molecule has 2 aromatic heterocycles. The van der Waals surface area contributed by atoms with Crippen molar-refractivity contribution in [3.63, 3.8) is 0 Å². The van der Waals surface area contributed by atoms with Gasteiger partial charge in [0.1, 0.15) is 12.1 Å². The fraction of sp³-hybridized carbons (Fsp3) is 0.316. The number of nitrogens with zero attached hydrogens (tertiary/aromatic N) is 2. The molecule has 0 saturated carbocycles. The number of H-pyrrole nitrogens is 1. The monoisotopic (exact) mass is 307 g/mol. The topological polar surface area (TPSA) is 58.6 Å². The van der Waals surface area contributed by atoms with Gasteiger partial charge in [-0.2, -0.15) is 0 Å². The number of aromatic nitrogens is 3. The second-order valence-corrected chi connectivity index (χ2v) is 5.78. The van der Waals surface area contributed by atoms with E-state index in [1.54, 1.807) is 0 Å². The van der Waals surface area contributed by atoms with Crippen LogP contribution < -0.4 is 0 Å². The van der Waals surface area contributed by atoms with Crippen LogP contribution >= 0.6 is 0 Å². The molecule has 0 aliphatic heterocycles. The molecule has 23 heavy (non-hydrogen) atoms. The minimum Gasteiger partial charge on any atom is -0.342 e. The average molecular weight is 307 g/mol. The fourth-order valence-electron chi connectivity index (χ4n) is 2.73. The molecule has 1 N–H and O–H groups in total. The van der Waals surface area contributed by atoms with E-state index in [1.807, 2.05) is 30.6 Å². The third-order valence-electron chi connectivity index (χ3n) is 4.02. The highest BCUT2D eigenvalue weighted by Crippen LogP contribution is 2.21. The number of nitrogens with one attached hydrogen (secondary N) is 1. The zero-order valence-corrected chi connectivity index (χ0v) is 13.2. The van der Waals surface area contributed by atoms with Crippen molar-refractivity contribution in [2.75, 3.05) is 0 Å². The lowest BCUT2D eigenvalue weighted by atomic mass is 10.1. The Morgan fingerprint density at radius 3 is 2.78 bits per heavy atom. The van der Waals surface area contributed by atoms with Crippen LogP contribution in [0.4, 0.5) is 0 Å². The summed E-state index contributed by atoms with van der Waals surface area (Å²) in [6.45, 7) is 0. The Morgan fingerprint density at radius 1 is 1.00 bits per heavy atom. The summed E-state index contributed by atoms with van der Waals surface area (Å²) >= 11 is 0. The maximum atomic E-state index is 10.3. The molecule has 0 saturated heterocycles. The number of fused-ring (bicyclic) bond motifs is 1. The lowest BCUT2D eigenvalue weighted by molar-refractivity contribution is -0.107. The lowest BCUT2D eigenvalue weighted by Crippen LogP contribution is -1.89. The van der Waals surface area contributed by atoms with Crippen molar-refractivity contribution < 1.29 is 4.79 Å². The molecular weight excluding hydrogens is 286 g/mol. The number of aryl methyl sites for hydroxylation is 1. The highest BCUT2D eigenvalue weighted by Gasteiger charge is 2.05. The van der Waals surface area contributed by atoms with Gasteiger partial charge in [-0.3, -0.25) is 4.98 Å². The number of carbonyl (C=O) groups is 1. The van der Waals surface area contributed by atoms with E-state index >= 15 is 0 Å². The summed E-state index contributed by atoms with van der Waals surface area (Å²) in [7, 11) is 0. The van der Waals surface area contributed by atoms with Crippen molar-refractivity contribution in [3.8, 4) is 11.3 Å². The van der Waals surface area contributed by atoms with Crippen LogP contribution in [0.1, 0.15) is 37.9 Å². The van der Waals surface area contributed by atoms with Crippen LogP contribution in [0.3, 0.4) is 0 Å². The van der Waals surface area contributed by atoms with Crippen molar-refractivity contribution in [1.82, 2.24) is 15.0 Å². The number of pyridine rings is 1. The molecule has 2 heterocycles. The molecular formula is C19H21N3O. The quantitative estimate of drug-likeness (QED) is 0.498. The minimum atomic E-state index is 0.680. The third-order valence-corrected chi connectivity index (χ3v) is 4.02. The zero-order chi connectivity index (χ0) is 15.9. The molecule has 0 atom stereocenters. The van der Waals surface area contributed by atoms with Crippen LogP contribution in [0.5, 0.6) is 0 Å². The first-order valence-corrected chi connectivity index (χ1v) is 8.19. The van der Waals surface area contributed by atoms with E-state index in [4.69, 9.17) is 0 Å². The molecule has 0 amide bonds. The van der Waals surface area contributed by atoms with Gasteiger partial charge in [-0.15, -0.1) is 0 Å². The average Bonchev–Trinajstić information content (AvgIpc) is 3.06. The normalized spacial score (nSPS) is 11.0. The van der Waals surface area contributed by atoms with E-state index in [0.717, 1.165) is 66.4 Å². The van der Waals surface area contributed by atoms with Crippen LogP contribution in [-0.4, -0.2) is 21.2 Å². The molecule has 3 rings (SSSR count). The van der Waals surface area contributed by atoms with E-state index in [2.05, 4.69) is 27.1 Å². The predicted octanol–water partition coefficient (Wildman–Crippen LogP) is 4.32. The standard InChI is InChI=1S/C19H21N3O/c23-11-7-3-1-2-4-10-19-21-14-18(22-19)16-12-15-8-5-6-9-17(15)20-13-16/h5-6,8-9,11-14H,1-4,7,10H2,(H,21,22). The second-order valence-electron chi connectivity index (χ2n) is 5.78. The Kier molecular flexibility index (Phi) is 5.14. The van der Waals surface area contributed by atoms with Crippen LogP contribution in [0, 0.1) is 0 Å². The number of carbonyl (C=O) groups excluding carboxylic acids is 1. The molecule has 118 valence electrons. The van der Waals surface area contributed by atoms with Crippen LogP contribution in [0.2, 0.25) is 0 Å². The number of hydrogen-bond donors (Lipinski definition) is 1. The summed E-state index contributed by atoms with van der Waals surface area (Å²) in [5.41, 5.74) is 3.08. The summed E-state index contributed by atoms with van der Waals surface area (Å²) in [6, 6.07) is 10.2. The van der Waals surface area contributed by atoms with Gasteiger partial charge in [-0.25, -0.2) is 4.98 Å². The first-order valence-electron chi connectivity index (χ1n) is 8.19. The van der Waals surface area contributed by atoms with Gasteiger partial charge in [0, 0.05) is 30.0 Å². The van der Waals surface area contributed by atoms with Crippen LogP contribution in [-0.2, 0) is 11.2 Å². The summed E-state index contributed by atoms with van der Waals surface area (Å²) in [5.74, 6) is 1.02. The van der Waals surface area contributed by atoms with Gasteiger partial charge >= 0.3 is 0 Å². The Bertz CT molecular complexity index is 779. The summed E-state index contributed by atoms with van der Waals surface area (Å²) in [4.78, 5) is 22.6. The van der Waals surface area contributed by atoms with Gasteiger partial charge < -0.3 is 9.78 Å². The molecule has 0 spiro atoms. The van der Waals surface area contributed by atoms with Gasteiger partial charge in [0.25, 0.3) is 0 Å². The van der Waals surface area contributed by atoms with Gasteiger partial charge in [0.2, 0.25) is 0 Å². The number of hydrogen-bond acceptors (Lipinski definition) is 3. The first-order chi connectivity index (χ1) is 11.4. The molecule has 0 fully saturated rings. The Hall–Kier alpha value is -2.49. The van der Waals surface area contributed by atoms with Gasteiger partial charge in [0.05, 0.1) is 17.4 Å². The van der Waals surface area contributed by atoms with E-state index in [0.29, 0.717) is 6.42 Å². The molecule has 0 unspecified atom stereocenters. The molecule has 0 radical (unpaired) electrons. The molecule has 1 aromatic carbocycles. The third kappa shape index (κ3) is 4.03. The largest absolute Gasteiger partial charge is 0.342 e. The number of aromatic amines is 1. The van der Waals surface area contributed by atoms with Gasteiger partial charge in [-0.1, -0.05) is 31.0 Å². The molecule has 0 aliphatic carbocycles. The number of unbranched alkanes of at least 4 members (excludes halogenated alkanes) is 4. The number of para-hydroxylation sites is 1. The first kappa shape index (κ1) is 15.4. The van der Waals surface area contributed by atoms with E-state index in [9.17, 15) is 4.79 Å². The number of benzene rings is 1. The molecule has 0 bridgehead atoms. The maximum Gasteiger partial charge on any atom is 0.119 e. The SMILES string of the molecule is O=CCCCCCCc1ncc(-c2cnc3ccccc3c2)[nH]1. The van der Waals surface area contributed by atoms with Crippen LogP contribution in [0.15, 0.2) is 42.7 Å². The van der Waals surface area contributed by atoms with E-state index in [-0.39, 0.29) is 0 Å². The van der Waals surface area contributed by atoms with Gasteiger partial charge in [-0.05, 0) is 25.0 Å². The van der Waals surface area contributed by atoms with Crippen molar-refractivity contribution in [2.24, 2.45) is 0 Å². The second kappa shape index (κ2) is 7.68. The fourth-order valence-corrected chi connectivity index (χ4v) is 2.73. The minimum absolute atomic E-state index is 0.680. The van der Waals surface area contributed by atoms with E-state index < -0.39 is 0 Å². The van der Waals surface area contributed by atoms with Crippen molar-refractivity contribution in [1.29, 1.82) is 0 Å². The molecule has 4 heteroatoms. The Morgan fingerprint density at radius 2 is 1.87 bits per heavy atom. The Labute approximate surface area is 136 Å². The Balaban J connectivity index is 1.60. The van der Waals surface area contributed by atoms with Crippen LogP contribution in [0.25, 0.3) is 22.2 Å². The smallest absolute Gasteiger partial charge is 0.119 e. The van der Waals surface area contributed by atoms with Crippen molar-refractivity contribution >= 4 is 17.2 Å². The summed E-state index contributed by atoms with van der Waals surface area (Å²) in [5, 5.41) is 1.14. The number of aldehydes is 1. The molecule has 0 aliphatic rings. The maximum absolute atomic E-state index is 10.3. The summed E-state index contributed by atoms with van der Waals surface area (Å²) in [6.07, 6.45) is 10.7. The lowest BCUT2D eigenvalue weighted by Gasteiger charge is -2.01. The number of imidazole rings is 1. The zero-order valence-electron chi connectivity index (χ0n) is 13.2. The van der Waals surface area contributed by atoms with Crippen molar-refractivity contribution in [2.45, 2.75) is 38.5 Å². The van der Waals surface area contributed by atoms with Gasteiger partial charge in [0.15, 0.2) is 0 Å². The highest BCUT2D eigenvalue weighted by molar-refractivity contribution is 5.82. The summed E-state index contributed by atoms with van der Waals surface area (Å²) < 4.78 is 0. The highest BCUT2D eigenvalue weighted by atomic mass is 16.1. The molecule has 4 nitrogen and oxygen atoms in total. The predicted molar refractivity (Wildman–Crippen MR) is 92.2 cm³/mol. The number of rotatable bonds is 8. The van der Waals surface area contributed by atoms with Crippen molar-refractivity contribution in [3.05, 3.63) is 48.5 Å². The molecule has 3 aromatic rings. The van der Waals surface area contributed by atoms with E-state index in [1.165, 1.54) is 0 Å².